The van der Waals surface area contributed by atoms with Crippen LogP contribution in [0.2, 0.25) is 0 Å². The van der Waals surface area contributed by atoms with E-state index in [0.717, 1.165) is 138 Å². The molecular weight excluding hydrogens is 1720 g/mol. The van der Waals surface area contributed by atoms with Crippen LogP contribution >= 0.6 is 0 Å². The van der Waals surface area contributed by atoms with Crippen LogP contribution in [0.5, 0.6) is 0 Å². The summed E-state index contributed by atoms with van der Waals surface area (Å²) >= 11 is 0. The maximum Gasteiger partial charge on any atom is 3.00 e. The Morgan fingerprint density at radius 3 is 0.134 bits per heavy atom. The minimum absolute atomic E-state index is 0. The van der Waals surface area contributed by atoms with Crippen LogP contribution in [0.4, 0.5) is 0 Å². The fraction of sp³-hybridized carbons (Fsp3) is 0.600. The molecule has 0 saturated heterocycles. The molecule has 0 heterocycles. The summed E-state index contributed by atoms with van der Waals surface area (Å²) in [5.74, 6) is -21.7. The molecule has 4 radical (unpaired) electrons. The molecule has 0 aromatic carbocycles. The third-order valence-corrected chi connectivity index (χ3v) is 0.833. The molecule has 0 aliphatic rings. The van der Waals surface area contributed by atoms with Crippen molar-refractivity contribution in [3.8, 4) is 0 Å². The van der Waals surface area contributed by atoms with E-state index in [-0.39, 0.29) is 117 Å². The Balaban J connectivity index is -0.0000000149. The molecule has 0 unspecified atom stereocenters. The average Bonchev–Trinajstić information content (AvgIpc) is 3.31. The zero-order valence-electron chi connectivity index (χ0n) is 68.6. The van der Waals surface area contributed by atoms with E-state index in [1.54, 1.807) is 0 Å². The zero-order valence-corrected chi connectivity index (χ0v) is 73.0. The van der Waals surface area contributed by atoms with Gasteiger partial charge in [-0.3, -0.25) is 0 Å². The summed E-state index contributed by atoms with van der Waals surface area (Å²) in [5, 5.41) is 178. The number of carbonyl (C=O) groups excluding carboxylic acids is 20. The maximum absolute atomic E-state index is 8.89. The predicted molar refractivity (Wildman–Crippen MR) is 352 cm³/mol. The summed E-state index contributed by atoms with van der Waals surface area (Å²) in [5.41, 5.74) is 49.0. The molecule has 52 N–H and O–H groups in total. The SMILES string of the molecule is CC(=O)[O-].CC(=O)[O-].CC(=O)[O-].CC(=O)[O-].CC(=O)[O-].CC(=O)[O-].CC(=O)[O-].CC(=O)[O-].CC(=O)[O-].CC(=O)[O-].CC(=O)[O-].CC(=O)[O-].CC(=O)[O-].CC(=O)[O-].CC(=O)[O-].CC(=O)[O-].CC(=O)[O-].CC(=O)[O-].CC(=O)[O-].CC(=O)[O-].NCCN.NCCN.NCCN.NCCN.NCCN.[Fe+3].[Fe+3].[Fe+3].[Fe+3].[NH4+].[NH4+].[NH4+].[NH4+].[NH4+].[NH4+].[NH4+].[NH4+]. The van der Waals surface area contributed by atoms with Crippen molar-refractivity contribution in [1.82, 2.24) is 49.2 Å². The Morgan fingerprint density at radius 1 is 0.125 bits per heavy atom. The van der Waals surface area contributed by atoms with Gasteiger partial charge in [-0.2, -0.15) is 0 Å². The first-order valence-corrected chi connectivity index (χ1v) is 24.7. The van der Waals surface area contributed by atoms with E-state index in [2.05, 4.69) is 0 Å². The van der Waals surface area contributed by atoms with Gasteiger partial charge in [0.2, 0.25) is 0 Å². The van der Waals surface area contributed by atoms with Gasteiger partial charge < -0.3 is 305 Å². The second-order valence-electron chi connectivity index (χ2n) is 12.7. The standard InChI is InChI=1S/5C2H8N2.20C2H4O2.4Fe.8H3N/c5*3-1-2-4;20*1-2(3)4;;;;;;;;;;;;/h5*1-4H2;20*1H3,(H,3,4);;;;;8*1H3/q;;;;;;;;;;;;;;;;;;;;;;;;;4*+3;;;;;;;;/p-12. The molecule has 0 bridgehead atoms. The number of quaternary nitrogens is 8. The van der Waals surface area contributed by atoms with Gasteiger partial charge in [-0.25, -0.2) is 0 Å². The monoisotopic (exact) mass is 1850 g/mol. The summed E-state index contributed by atoms with van der Waals surface area (Å²) in [4.78, 5) is 178. The smallest absolute Gasteiger partial charge is 0.550 e. The number of hydrogen-bond acceptors (Lipinski definition) is 50. The van der Waals surface area contributed by atoms with Crippen molar-refractivity contribution in [2.75, 3.05) is 65.4 Å². The zero-order chi connectivity index (χ0) is 88.6. The topological polar surface area (TPSA) is 1350 Å². The number of nitrogens with two attached hydrogens (primary N) is 10. The number of carboxylic acid groups (broad SMARTS) is 20. The van der Waals surface area contributed by atoms with E-state index in [1.807, 2.05) is 0 Å². The van der Waals surface area contributed by atoms with Gasteiger partial charge in [0.15, 0.2) is 0 Å². The van der Waals surface area contributed by atoms with E-state index >= 15 is 0 Å². The first kappa shape index (κ1) is 246. The molecule has 0 atom stereocenters. The van der Waals surface area contributed by atoms with Gasteiger partial charge >= 0.3 is 68.3 Å². The third-order valence-electron chi connectivity index (χ3n) is 0.833. The van der Waals surface area contributed by atoms with Gasteiger partial charge in [-0.1, -0.05) is 0 Å². The summed E-state index contributed by atoms with van der Waals surface area (Å²) in [7, 11) is 0. The van der Waals surface area contributed by atoms with Crippen molar-refractivity contribution in [3.63, 3.8) is 0 Å². The van der Waals surface area contributed by atoms with E-state index in [1.165, 1.54) is 0 Å². The second kappa shape index (κ2) is 280. The molecule has 0 amide bonds. The van der Waals surface area contributed by atoms with Gasteiger partial charge in [0.25, 0.3) is 0 Å². The normalized spacial score (nSPS) is 5.80. The molecule has 694 valence electrons. The summed E-state index contributed by atoms with van der Waals surface area (Å²) in [6.07, 6.45) is 0. The fourth-order valence-corrected chi connectivity index (χ4v) is 0. The van der Waals surface area contributed by atoms with E-state index in [9.17, 15) is 0 Å². The van der Waals surface area contributed by atoms with E-state index in [0.29, 0.717) is 65.4 Å². The van der Waals surface area contributed by atoms with Crippen LogP contribution < -0.4 is 209 Å². The van der Waals surface area contributed by atoms with Gasteiger partial charge in [0, 0.05) is 185 Å². The van der Waals surface area contributed by atoms with Gasteiger partial charge in [-0.05, 0) is 138 Å². The van der Waals surface area contributed by atoms with Crippen LogP contribution in [-0.4, -0.2) is 185 Å². The number of rotatable bonds is 5. The summed E-state index contributed by atoms with van der Waals surface area (Å²) < 4.78 is 0. The molecule has 0 rings (SSSR count). The van der Waals surface area contributed by atoms with Crippen LogP contribution in [-0.2, 0) is 164 Å². The summed E-state index contributed by atoms with van der Waals surface area (Å²) in [6.45, 7) is 25.4. The Hall–Kier alpha value is -9.24. The van der Waals surface area contributed by atoms with Crippen molar-refractivity contribution in [1.29, 1.82) is 0 Å². The molecule has 0 aliphatic carbocycles. The number of aliphatic carboxylic acids is 20. The third kappa shape index (κ3) is 55700. The molecule has 58 nitrogen and oxygen atoms in total. The molecular formula is C50H132Fe4N18O40. The molecule has 62 heteroatoms. The maximum atomic E-state index is 8.89. The first-order chi connectivity index (χ1) is 44.2. The average molecular weight is 1850 g/mol. The Bertz CT molecular complexity index is 1300. The van der Waals surface area contributed by atoms with Crippen LogP contribution in [0.3, 0.4) is 0 Å². The number of hydrogen-bond donors (Lipinski definition) is 18. The van der Waals surface area contributed by atoms with Crippen molar-refractivity contribution < 1.29 is 266 Å². The molecule has 112 heavy (non-hydrogen) atoms. The van der Waals surface area contributed by atoms with E-state index in [4.69, 9.17) is 255 Å². The molecule has 0 aromatic heterocycles. The molecule has 0 fully saturated rings. The van der Waals surface area contributed by atoms with Crippen LogP contribution in [0.15, 0.2) is 0 Å². The van der Waals surface area contributed by atoms with Crippen molar-refractivity contribution >= 4 is 119 Å². The number of carboxylic acids is 20. The van der Waals surface area contributed by atoms with E-state index < -0.39 is 119 Å². The molecule has 0 aromatic rings. The van der Waals surface area contributed by atoms with Gasteiger partial charge in [0.05, 0.1) is 0 Å². The minimum atomic E-state index is -1.08. The number of carbonyl (C=O) groups is 20. The van der Waals surface area contributed by atoms with Crippen LogP contribution in [0, 0.1) is 0 Å². The second-order valence-corrected chi connectivity index (χ2v) is 12.7. The van der Waals surface area contributed by atoms with Crippen LogP contribution in [0.1, 0.15) is 138 Å². The molecule has 0 spiro atoms. The largest absolute Gasteiger partial charge is 3.00 e. The van der Waals surface area contributed by atoms with Gasteiger partial charge in [0.1, 0.15) is 0 Å². The predicted octanol–water partition coefficient (Wildman–Crippen LogP) is -27.4. The first-order valence-electron chi connectivity index (χ1n) is 24.7. The Kier molecular flexibility index (Phi) is 615. The van der Waals surface area contributed by atoms with Crippen LogP contribution in [0.25, 0.3) is 0 Å². The van der Waals surface area contributed by atoms with Crippen molar-refractivity contribution in [2.45, 2.75) is 138 Å². The molecule has 0 saturated carbocycles. The quantitative estimate of drug-likeness (QED) is 0.114. The Labute approximate surface area is 693 Å². The fourth-order valence-electron chi connectivity index (χ4n) is 0. The van der Waals surface area contributed by atoms with Crippen molar-refractivity contribution in [3.05, 3.63) is 0 Å². The van der Waals surface area contributed by atoms with Gasteiger partial charge in [-0.15, -0.1) is 0 Å². The summed E-state index contributed by atoms with van der Waals surface area (Å²) in [6, 6.07) is 0. The molecule has 0 aliphatic heterocycles. The van der Waals surface area contributed by atoms with Crippen molar-refractivity contribution in [2.24, 2.45) is 57.3 Å². The Morgan fingerprint density at radius 2 is 0.134 bits per heavy atom. The minimum Gasteiger partial charge on any atom is -0.550 e.